The maximum atomic E-state index is 12.2. The molecule has 0 spiro atoms. The Balaban J connectivity index is 1.60. The lowest BCUT2D eigenvalue weighted by atomic mass is 10.2. The summed E-state index contributed by atoms with van der Waals surface area (Å²) in [5.41, 5.74) is 12.1. The van der Waals surface area contributed by atoms with Crippen LogP contribution in [0.4, 0.5) is 11.6 Å². The molecule has 6 N–H and O–H groups in total. The molecule has 0 unspecified atom stereocenters. The Bertz CT molecular complexity index is 1020. The fourth-order valence-corrected chi connectivity index (χ4v) is 4.06. The number of unbranched alkanes of at least 4 members (excludes halogenated alkanes) is 2. The van der Waals surface area contributed by atoms with Crippen LogP contribution in [0.25, 0.3) is 0 Å². The summed E-state index contributed by atoms with van der Waals surface area (Å²) < 4.78 is 27.1. The molecule has 0 saturated heterocycles. The van der Waals surface area contributed by atoms with Crippen molar-refractivity contribution in [3.8, 4) is 0 Å². The maximum absolute atomic E-state index is 12.2. The highest BCUT2D eigenvalue weighted by molar-refractivity contribution is 7.89. The Labute approximate surface area is 193 Å². The quantitative estimate of drug-likeness (QED) is 0.330. The van der Waals surface area contributed by atoms with Gasteiger partial charge in [-0.05, 0) is 45.5 Å². The third-order valence-corrected chi connectivity index (χ3v) is 6.49. The van der Waals surface area contributed by atoms with Gasteiger partial charge in [0.25, 0.3) is 5.91 Å². The number of carbonyl (C=O) groups excluding carboxylic acids is 1. The summed E-state index contributed by atoms with van der Waals surface area (Å²) in [6.07, 6.45) is 2.53. The summed E-state index contributed by atoms with van der Waals surface area (Å²) >= 11 is 5.79. The Morgan fingerprint density at radius 2 is 1.72 bits per heavy atom. The van der Waals surface area contributed by atoms with Crippen molar-refractivity contribution in [2.75, 3.05) is 44.7 Å². The molecule has 32 heavy (non-hydrogen) atoms. The van der Waals surface area contributed by atoms with Crippen LogP contribution in [0, 0.1) is 6.92 Å². The lowest BCUT2D eigenvalue weighted by molar-refractivity contribution is 0.0945. The number of carbonyl (C=O) groups is 1. The van der Waals surface area contributed by atoms with Gasteiger partial charge in [0.1, 0.15) is 0 Å². The van der Waals surface area contributed by atoms with E-state index >= 15 is 0 Å². The molecule has 0 fully saturated rings. The van der Waals surface area contributed by atoms with Crippen molar-refractivity contribution in [1.82, 2.24) is 24.9 Å². The van der Waals surface area contributed by atoms with E-state index in [-0.39, 0.29) is 27.4 Å². The smallest absolute Gasteiger partial charge is 0.273 e. The predicted molar refractivity (Wildman–Crippen MR) is 126 cm³/mol. The fraction of sp³-hybridized carbons (Fsp3) is 0.450. The summed E-state index contributed by atoms with van der Waals surface area (Å²) in [6.45, 7) is 4.14. The molecular weight excluding hydrogens is 454 g/mol. The molecule has 0 radical (unpaired) electrons. The molecule has 2 rings (SSSR count). The van der Waals surface area contributed by atoms with Gasteiger partial charge in [0.2, 0.25) is 10.0 Å². The predicted octanol–water partition coefficient (Wildman–Crippen LogP) is 1.41. The van der Waals surface area contributed by atoms with E-state index in [1.807, 2.05) is 14.0 Å². The van der Waals surface area contributed by atoms with Crippen molar-refractivity contribution in [3.05, 3.63) is 40.7 Å². The maximum Gasteiger partial charge on any atom is 0.273 e. The highest BCUT2D eigenvalue weighted by Gasteiger charge is 2.16. The molecule has 1 aromatic carbocycles. The van der Waals surface area contributed by atoms with E-state index in [4.69, 9.17) is 23.1 Å². The lowest BCUT2D eigenvalue weighted by Gasteiger charge is -2.17. The SMILES string of the molecule is Cc1ccc(S(=O)(=O)NCCCCCN(C)CCNC(=O)c2nc(Cl)c(N)nc2N)cc1. The number of halogens is 1. The van der Waals surface area contributed by atoms with Crippen molar-refractivity contribution < 1.29 is 13.2 Å². The van der Waals surface area contributed by atoms with E-state index in [0.29, 0.717) is 19.6 Å². The third kappa shape index (κ3) is 7.90. The molecule has 0 atom stereocenters. The van der Waals surface area contributed by atoms with E-state index in [1.165, 1.54) is 0 Å². The van der Waals surface area contributed by atoms with Crippen molar-refractivity contribution in [1.29, 1.82) is 0 Å². The molecule has 2 aromatic rings. The first-order chi connectivity index (χ1) is 15.1. The lowest BCUT2D eigenvalue weighted by Crippen LogP contribution is -2.34. The number of nitrogen functional groups attached to an aromatic ring is 2. The van der Waals surface area contributed by atoms with E-state index < -0.39 is 15.9 Å². The molecule has 176 valence electrons. The Morgan fingerprint density at radius 3 is 2.41 bits per heavy atom. The molecule has 1 heterocycles. The summed E-state index contributed by atoms with van der Waals surface area (Å²) in [4.78, 5) is 22.2. The van der Waals surface area contributed by atoms with E-state index in [1.54, 1.807) is 24.3 Å². The minimum absolute atomic E-state index is 0.0246. The van der Waals surface area contributed by atoms with Gasteiger partial charge in [0, 0.05) is 19.6 Å². The number of aromatic nitrogens is 2. The Kier molecular flexibility index (Phi) is 9.63. The molecule has 0 bridgehead atoms. The number of likely N-dealkylation sites (N-methyl/N-ethyl adjacent to an activating group) is 1. The van der Waals surface area contributed by atoms with Crippen molar-refractivity contribution in [2.24, 2.45) is 0 Å². The van der Waals surface area contributed by atoms with Gasteiger partial charge >= 0.3 is 0 Å². The number of aryl methyl sites for hydroxylation is 1. The number of nitrogens with two attached hydrogens (primary N) is 2. The second-order valence-electron chi connectivity index (χ2n) is 7.46. The summed E-state index contributed by atoms with van der Waals surface area (Å²) in [5, 5.41) is 2.66. The highest BCUT2D eigenvalue weighted by atomic mass is 35.5. The molecule has 1 amide bonds. The molecule has 0 saturated carbocycles. The second kappa shape index (κ2) is 12.0. The number of hydrogen-bond donors (Lipinski definition) is 4. The number of rotatable bonds is 12. The molecule has 0 aliphatic carbocycles. The number of nitrogens with one attached hydrogen (secondary N) is 2. The van der Waals surface area contributed by atoms with Gasteiger partial charge in [-0.25, -0.2) is 23.1 Å². The first-order valence-corrected chi connectivity index (χ1v) is 12.1. The van der Waals surface area contributed by atoms with Gasteiger partial charge in [0.15, 0.2) is 22.5 Å². The van der Waals surface area contributed by atoms with Gasteiger partial charge in [-0.1, -0.05) is 35.7 Å². The van der Waals surface area contributed by atoms with E-state index in [2.05, 4.69) is 24.9 Å². The van der Waals surface area contributed by atoms with Gasteiger partial charge in [0.05, 0.1) is 4.90 Å². The number of sulfonamides is 1. The van der Waals surface area contributed by atoms with Crippen LogP contribution < -0.4 is 21.5 Å². The monoisotopic (exact) mass is 483 g/mol. The van der Waals surface area contributed by atoms with Gasteiger partial charge in [-0.3, -0.25) is 4.79 Å². The average Bonchev–Trinajstić information content (AvgIpc) is 2.73. The van der Waals surface area contributed by atoms with Gasteiger partial charge < -0.3 is 21.7 Å². The first-order valence-electron chi connectivity index (χ1n) is 10.2. The first kappa shape index (κ1) is 25.8. The zero-order valence-electron chi connectivity index (χ0n) is 18.3. The molecule has 0 aliphatic rings. The van der Waals surface area contributed by atoms with Crippen molar-refractivity contribution in [3.63, 3.8) is 0 Å². The molecule has 10 nitrogen and oxygen atoms in total. The standard InChI is InChI=1S/C20H30ClN7O3S/c1-14-6-8-15(9-7-14)32(30,31)25-10-4-3-5-12-28(2)13-11-24-20(29)16-18(22)27-19(23)17(21)26-16/h6-9,25H,3-5,10-13H2,1-2H3,(H,24,29)(H4,22,23,27). The molecule has 0 aliphatic heterocycles. The number of amides is 1. The summed E-state index contributed by atoms with van der Waals surface area (Å²) in [6, 6.07) is 6.77. The fourth-order valence-electron chi connectivity index (χ4n) is 2.86. The second-order valence-corrected chi connectivity index (χ2v) is 9.59. The van der Waals surface area contributed by atoms with Crippen LogP contribution in [0.5, 0.6) is 0 Å². The minimum atomic E-state index is -3.47. The topological polar surface area (TPSA) is 156 Å². The van der Waals surface area contributed by atoms with E-state index in [9.17, 15) is 13.2 Å². The zero-order chi connectivity index (χ0) is 23.7. The van der Waals surface area contributed by atoms with Crippen LogP contribution in [-0.4, -0.2) is 62.4 Å². The van der Waals surface area contributed by atoms with Crippen LogP contribution in [-0.2, 0) is 10.0 Å². The summed E-state index contributed by atoms with van der Waals surface area (Å²) in [5.74, 6) is -0.565. The van der Waals surface area contributed by atoms with Crippen LogP contribution in [0.2, 0.25) is 5.15 Å². The third-order valence-electron chi connectivity index (χ3n) is 4.74. The van der Waals surface area contributed by atoms with Gasteiger partial charge in [-0.15, -0.1) is 0 Å². The number of hydrogen-bond acceptors (Lipinski definition) is 8. The minimum Gasteiger partial charge on any atom is -0.382 e. The van der Waals surface area contributed by atoms with Crippen LogP contribution in [0.1, 0.15) is 35.3 Å². The molecule has 1 aromatic heterocycles. The molecule has 12 heteroatoms. The van der Waals surface area contributed by atoms with Crippen molar-refractivity contribution >= 4 is 39.2 Å². The number of nitrogens with zero attached hydrogens (tertiary/aromatic N) is 3. The zero-order valence-corrected chi connectivity index (χ0v) is 19.8. The molecular formula is C20H30ClN7O3S. The highest BCUT2D eigenvalue weighted by Crippen LogP contribution is 2.17. The normalized spacial score (nSPS) is 11.6. The van der Waals surface area contributed by atoms with E-state index in [0.717, 1.165) is 31.4 Å². The van der Waals surface area contributed by atoms with Crippen LogP contribution in [0.3, 0.4) is 0 Å². The number of benzene rings is 1. The Morgan fingerprint density at radius 1 is 1.03 bits per heavy atom. The number of anilines is 2. The largest absolute Gasteiger partial charge is 0.382 e. The summed E-state index contributed by atoms with van der Waals surface area (Å²) in [7, 11) is -1.52. The Hall–Kier alpha value is -2.47. The van der Waals surface area contributed by atoms with Gasteiger partial charge in [-0.2, -0.15) is 0 Å². The van der Waals surface area contributed by atoms with Crippen LogP contribution in [0.15, 0.2) is 29.2 Å². The average molecular weight is 484 g/mol. The van der Waals surface area contributed by atoms with Crippen LogP contribution >= 0.6 is 11.6 Å². The van der Waals surface area contributed by atoms with Crippen molar-refractivity contribution in [2.45, 2.75) is 31.1 Å².